The third-order valence-electron chi connectivity index (χ3n) is 6.53. The molecule has 170 valence electrons. The fourth-order valence-electron chi connectivity index (χ4n) is 4.37. The number of nitrogens with zero attached hydrogens (tertiary/aromatic N) is 3. The van der Waals surface area contributed by atoms with Gasteiger partial charge in [0.05, 0.1) is 18.8 Å². The lowest BCUT2D eigenvalue weighted by Crippen LogP contribution is -2.44. The molecule has 2 aliphatic heterocycles. The minimum absolute atomic E-state index is 0.191. The van der Waals surface area contributed by atoms with Crippen LogP contribution in [0.3, 0.4) is 0 Å². The lowest BCUT2D eigenvalue weighted by atomic mass is 9.99. The molecule has 2 aromatic rings. The van der Waals surface area contributed by atoms with Crippen LogP contribution in [0.2, 0.25) is 0 Å². The van der Waals surface area contributed by atoms with Crippen LogP contribution < -0.4 is 5.73 Å². The third-order valence-corrected chi connectivity index (χ3v) is 6.53. The van der Waals surface area contributed by atoms with Crippen LogP contribution in [0.1, 0.15) is 48.3 Å². The number of ether oxygens (including phenoxy) is 1. The summed E-state index contributed by atoms with van der Waals surface area (Å²) in [5.74, 6) is 0.538. The molecule has 2 fully saturated rings. The van der Waals surface area contributed by atoms with E-state index in [1.807, 2.05) is 29.2 Å². The molecule has 0 radical (unpaired) electrons. The summed E-state index contributed by atoms with van der Waals surface area (Å²) in [5, 5.41) is 0. The third kappa shape index (κ3) is 5.53. The molecule has 3 heterocycles. The van der Waals surface area contributed by atoms with Crippen LogP contribution in [-0.2, 0) is 9.53 Å². The molecule has 0 unspecified atom stereocenters. The standard InChI is InChI=1S/C25H32N4O3/c1-18-7-10-28(11-8-18)12-9-24(30)29-13-14-32-23(17-29)22-6-5-21(16-27-22)19-3-2-4-20(15-19)25(26)31/h2-6,15-16,18,23H,7-14,17H2,1H3,(H2,26,31)/t23-/m1/s1. The van der Waals surface area contributed by atoms with Crippen molar-refractivity contribution in [1.29, 1.82) is 0 Å². The van der Waals surface area contributed by atoms with E-state index in [4.69, 9.17) is 10.5 Å². The molecule has 0 saturated carbocycles. The van der Waals surface area contributed by atoms with Gasteiger partial charge in [-0.2, -0.15) is 0 Å². The Morgan fingerprint density at radius 1 is 1.12 bits per heavy atom. The Balaban J connectivity index is 1.34. The molecule has 1 aromatic carbocycles. The minimum atomic E-state index is -0.452. The second-order valence-corrected chi connectivity index (χ2v) is 8.89. The summed E-state index contributed by atoms with van der Waals surface area (Å²) in [5.41, 5.74) is 8.44. The Kier molecular flexibility index (Phi) is 7.17. The van der Waals surface area contributed by atoms with Crippen molar-refractivity contribution in [2.24, 2.45) is 11.7 Å². The van der Waals surface area contributed by atoms with E-state index < -0.39 is 5.91 Å². The number of piperidine rings is 1. The molecule has 1 atom stereocenters. The molecule has 2 N–H and O–H groups in total. The van der Waals surface area contributed by atoms with Gasteiger partial charge in [0.1, 0.15) is 6.10 Å². The Labute approximate surface area is 189 Å². The molecule has 0 bridgehead atoms. The molecule has 2 aliphatic rings. The highest BCUT2D eigenvalue weighted by Gasteiger charge is 2.27. The van der Waals surface area contributed by atoms with E-state index in [1.54, 1.807) is 18.3 Å². The maximum atomic E-state index is 12.8. The van der Waals surface area contributed by atoms with Crippen molar-refractivity contribution in [3.63, 3.8) is 0 Å². The van der Waals surface area contributed by atoms with Gasteiger partial charge in [-0.25, -0.2) is 0 Å². The number of carbonyl (C=O) groups excluding carboxylic acids is 2. The van der Waals surface area contributed by atoms with Gasteiger partial charge in [-0.3, -0.25) is 14.6 Å². The van der Waals surface area contributed by atoms with Crippen molar-refractivity contribution in [1.82, 2.24) is 14.8 Å². The van der Waals surface area contributed by atoms with E-state index in [9.17, 15) is 9.59 Å². The lowest BCUT2D eigenvalue weighted by molar-refractivity contribution is -0.139. The molecule has 1 aromatic heterocycles. The molecule has 2 saturated heterocycles. The molecular formula is C25H32N4O3. The zero-order chi connectivity index (χ0) is 22.5. The first-order chi connectivity index (χ1) is 15.5. The number of rotatable bonds is 6. The first kappa shape index (κ1) is 22.4. The van der Waals surface area contributed by atoms with Gasteiger partial charge in [-0.15, -0.1) is 0 Å². The molecule has 0 spiro atoms. The Bertz CT molecular complexity index is 938. The highest BCUT2D eigenvalue weighted by atomic mass is 16.5. The molecule has 2 amide bonds. The Morgan fingerprint density at radius 2 is 1.94 bits per heavy atom. The van der Waals surface area contributed by atoms with Crippen LogP contribution in [0.4, 0.5) is 0 Å². The van der Waals surface area contributed by atoms with Gasteiger partial charge in [-0.1, -0.05) is 25.1 Å². The summed E-state index contributed by atoms with van der Waals surface area (Å²) in [7, 11) is 0. The van der Waals surface area contributed by atoms with E-state index in [0.717, 1.165) is 42.4 Å². The predicted molar refractivity (Wildman–Crippen MR) is 123 cm³/mol. The van der Waals surface area contributed by atoms with Crippen molar-refractivity contribution in [3.05, 3.63) is 53.9 Å². The number of likely N-dealkylation sites (tertiary alicyclic amines) is 1. The van der Waals surface area contributed by atoms with Gasteiger partial charge >= 0.3 is 0 Å². The van der Waals surface area contributed by atoms with Gasteiger partial charge in [0, 0.05) is 36.8 Å². The number of nitrogens with two attached hydrogens (primary N) is 1. The smallest absolute Gasteiger partial charge is 0.248 e. The number of carbonyl (C=O) groups is 2. The number of benzene rings is 1. The van der Waals surface area contributed by atoms with Crippen molar-refractivity contribution >= 4 is 11.8 Å². The summed E-state index contributed by atoms with van der Waals surface area (Å²) in [6.45, 7) is 7.00. The average molecular weight is 437 g/mol. The van der Waals surface area contributed by atoms with Crippen molar-refractivity contribution in [2.45, 2.75) is 32.3 Å². The van der Waals surface area contributed by atoms with Crippen LogP contribution in [0.5, 0.6) is 0 Å². The zero-order valence-electron chi connectivity index (χ0n) is 18.7. The van der Waals surface area contributed by atoms with Crippen LogP contribution in [0.15, 0.2) is 42.6 Å². The normalized spacial score (nSPS) is 20.3. The fraction of sp³-hybridized carbons (Fsp3) is 0.480. The average Bonchev–Trinajstić information content (AvgIpc) is 2.84. The first-order valence-corrected chi connectivity index (χ1v) is 11.5. The van der Waals surface area contributed by atoms with Gasteiger partial charge in [-0.05, 0) is 55.6 Å². The van der Waals surface area contributed by atoms with Crippen LogP contribution >= 0.6 is 0 Å². The second kappa shape index (κ2) is 10.2. The van der Waals surface area contributed by atoms with Crippen molar-refractivity contribution < 1.29 is 14.3 Å². The van der Waals surface area contributed by atoms with E-state index in [-0.39, 0.29) is 12.0 Å². The molecule has 32 heavy (non-hydrogen) atoms. The number of hydrogen-bond acceptors (Lipinski definition) is 5. The number of morpholine rings is 1. The second-order valence-electron chi connectivity index (χ2n) is 8.89. The zero-order valence-corrected chi connectivity index (χ0v) is 18.7. The SMILES string of the molecule is CC1CCN(CCC(=O)N2CCO[C@@H](c3ccc(-c4cccc(C(N)=O)c4)cn3)C2)CC1. The van der Waals surface area contributed by atoms with Gasteiger partial charge in [0.2, 0.25) is 11.8 Å². The Hall–Kier alpha value is -2.77. The van der Waals surface area contributed by atoms with Gasteiger partial charge in [0.25, 0.3) is 0 Å². The number of primary amides is 1. The molecule has 0 aliphatic carbocycles. The van der Waals surface area contributed by atoms with E-state index >= 15 is 0 Å². The summed E-state index contributed by atoms with van der Waals surface area (Å²) in [6.07, 6.45) is 4.56. The van der Waals surface area contributed by atoms with Crippen LogP contribution in [0.25, 0.3) is 11.1 Å². The number of amides is 2. The quantitative estimate of drug-likeness (QED) is 0.752. The van der Waals surface area contributed by atoms with Crippen molar-refractivity contribution in [3.8, 4) is 11.1 Å². The molecule has 7 heteroatoms. The van der Waals surface area contributed by atoms with Gasteiger partial charge in [0.15, 0.2) is 0 Å². The highest BCUT2D eigenvalue weighted by molar-refractivity contribution is 5.94. The summed E-state index contributed by atoms with van der Waals surface area (Å²) in [6, 6.07) is 11.1. The maximum absolute atomic E-state index is 12.8. The summed E-state index contributed by atoms with van der Waals surface area (Å²) in [4.78, 5) is 33.1. The molecule has 4 rings (SSSR count). The summed E-state index contributed by atoms with van der Waals surface area (Å²) >= 11 is 0. The van der Waals surface area contributed by atoms with Crippen LogP contribution in [0, 0.1) is 5.92 Å². The fourth-order valence-corrected chi connectivity index (χ4v) is 4.37. The van der Waals surface area contributed by atoms with E-state index in [2.05, 4.69) is 16.8 Å². The Morgan fingerprint density at radius 3 is 2.66 bits per heavy atom. The largest absolute Gasteiger partial charge is 0.368 e. The first-order valence-electron chi connectivity index (χ1n) is 11.5. The number of pyridine rings is 1. The van der Waals surface area contributed by atoms with Gasteiger partial charge < -0.3 is 20.3 Å². The van der Waals surface area contributed by atoms with Crippen LogP contribution in [-0.4, -0.2) is 65.9 Å². The minimum Gasteiger partial charge on any atom is -0.368 e. The van der Waals surface area contributed by atoms with Crippen molar-refractivity contribution in [2.75, 3.05) is 39.3 Å². The molecular weight excluding hydrogens is 404 g/mol. The monoisotopic (exact) mass is 436 g/mol. The topological polar surface area (TPSA) is 88.8 Å². The maximum Gasteiger partial charge on any atom is 0.248 e. The van der Waals surface area contributed by atoms with E-state index in [0.29, 0.717) is 31.7 Å². The lowest BCUT2D eigenvalue weighted by Gasteiger charge is -2.34. The highest BCUT2D eigenvalue weighted by Crippen LogP contribution is 2.25. The summed E-state index contributed by atoms with van der Waals surface area (Å²) < 4.78 is 5.92. The van der Waals surface area contributed by atoms with E-state index in [1.165, 1.54) is 12.8 Å². The number of hydrogen-bond donors (Lipinski definition) is 1. The predicted octanol–water partition coefficient (Wildman–Crippen LogP) is 2.87. The molecule has 7 nitrogen and oxygen atoms in total. The number of aromatic nitrogens is 1.